The Hall–Kier alpha value is -8.70. The summed E-state index contributed by atoms with van der Waals surface area (Å²) < 4.78 is 0. The summed E-state index contributed by atoms with van der Waals surface area (Å²) in [5, 5.41) is 80.5. The van der Waals surface area contributed by atoms with Gasteiger partial charge in [-0.15, -0.1) is 0 Å². The maximum absolute atomic E-state index is 12.4. The summed E-state index contributed by atoms with van der Waals surface area (Å²) in [7, 11) is 0. The molecule has 0 unspecified atom stereocenters. The van der Waals surface area contributed by atoms with Gasteiger partial charge >= 0.3 is 113 Å². The van der Waals surface area contributed by atoms with Crippen LogP contribution in [-0.4, -0.2) is 0 Å². The molecule has 6 heterocycles. The average molecular weight is 1470 g/mol. The van der Waals surface area contributed by atoms with Crippen molar-refractivity contribution in [3.8, 4) is 67.9 Å². The van der Waals surface area contributed by atoms with Crippen LogP contribution in [0.2, 0.25) is 0 Å². The minimum absolute atomic E-state index is 0. The smallest absolute Gasteiger partial charge is 0.868 e. The van der Waals surface area contributed by atoms with Crippen LogP contribution in [-0.2, 0) is 10.8 Å². The first-order valence-electron chi connectivity index (χ1n) is 37.7. The zero-order chi connectivity index (χ0) is 75.3. The Morgan fingerprint density at radius 2 is 0.588 bits per heavy atom. The molecule has 0 spiro atoms. The van der Waals surface area contributed by atoms with Crippen LogP contribution < -0.4 is 174 Å². The minimum atomic E-state index is -0.102. The van der Waals surface area contributed by atoms with Crippen molar-refractivity contribution in [2.75, 3.05) is 0 Å². The number of aromatic nitrogens is 6. The second-order valence-corrected chi connectivity index (χ2v) is 30.1. The fourth-order valence-corrected chi connectivity index (χ4v) is 15.4. The molecule has 0 bridgehead atoms. The van der Waals surface area contributed by atoms with Gasteiger partial charge in [-0.1, -0.05) is 238 Å². The van der Waals surface area contributed by atoms with E-state index in [0.717, 1.165) is 82.3 Å². The number of nitrogens with one attached hydrogen (secondary N) is 6. The molecule has 0 atom stereocenters. The van der Waals surface area contributed by atoms with Crippen LogP contribution in [0, 0.1) is 0 Å². The molecule has 18 rings (SSSR count). The summed E-state index contributed by atoms with van der Waals surface area (Å²) in [6, 6.07) is 79.2. The molecule has 0 amide bonds. The van der Waals surface area contributed by atoms with Gasteiger partial charge in [0.2, 0.25) is 33.1 Å². The van der Waals surface area contributed by atoms with Crippen LogP contribution in [0.4, 0.5) is 0 Å². The molecule has 114 heavy (non-hydrogen) atoms. The third-order valence-electron chi connectivity index (χ3n) is 20.9. The summed E-state index contributed by atoms with van der Waals surface area (Å²) in [5.41, 5.74) is 15.4. The molecule has 2 fully saturated rings. The van der Waals surface area contributed by atoms with Crippen LogP contribution in [0.5, 0.6) is 34.5 Å². The van der Waals surface area contributed by atoms with E-state index in [1.54, 1.807) is 49.1 Å². The third-order valence-corrected chi connectivity index (χ3v) is 20.9. The predicted molar refractivity (Wildman–Crippen MR) is 423 cm³/mol. The Labute approximate surface area is 741 Å². The van der Waals surface area contributed by atoms with Crippen molar-refractivity contribution in [2.24, 2.45) is 0 Å². The third kappa shape index (κ3) is 21.7. The van der Waals surface area contributed by atoms with E-state index in [9.17, 15) is 30.6 Å². The van der Waals surface area contributed by atoms with E-state index in [1.165, 1.54) is 91.7 Å². The Kier molecular flexibility index (Phi) is 34.7. The van der Waals surface area contributed by atoms with Crippen LogP contribution in [0.25, 0.3) is 110 Å². The Balaban J connectivity index is 0.000000189. The molecular weight excluding hydrogens is 1370 g/mol. The van der Waals surface area contributed by atoms with Gasteiger partial charge in [0.05, 0.1) is 10.8 Å². The van der Waals surface area contributed by atoms with Gasteiger partial charge in [0.1, 0.15) is 0 Å². The molecule has 10 aromatic carbocycles. The first-order chi connectivity index (χ1) is 52.4. The van der Waals surface area contributed by atoms with Crippen molar-refractivity contribution in [1.82, 2.24) is 0 Å². The van der Waals surface area contributed by atoms with Crippen molar-refractivity contribution >= 4 is 76.2 Å². The molecule has 0 aliphatic heterocycles. The number of hydrogen-bond acceptors (Lipinski definition) is 6. The Bertz CT molecular complexity index is 5820. The number of hydrogen-bond donors (Lipinski definition) is 0. The van der Waals surface area contributed by atoms with E-state index in [-0.39, 0.29) is 158 Å². The number of benzene rings is 10. The summed E-state index contributed by atoms with van der Waals surface area (Å²) in [4.78, 5) is 18.4. The van der Waals surface area contributed by atoms with Crippen molar-refractivity contribution in [3.05, 3.63) is 302 Å². The molecule has 0 radical (unpaired) electrons. The molecular formula is C96H92Li6N6O6+6. The molecule has 542 valence electrons. The van der Waals surface area contributed by atoms with Crippen molar-refractivity contribution in [3.63, 3.8) is 0 Å². The summed E-state index contributed by atoms with van der Waals surface area (Å²) in [5.74, 6) is 1.63. The summed E-state index contributed by atoms with van der Waals surface area (Å²) in [6.07, 6.45) is 23.5. The fraction of sp³-hybridized carbons (Fsp3) is 0.208. The summed E-state index contributed by atoms with van der Waals surface area (Å²) >= 11 is 0. The first-order valence-corrected chi connectivity index (χ1v) is 37.7. The zero-order valence-corrected chi connectivity index (χ0v) is 68.2. The van der Waals surface area contributed by atoms with E-state index in [2.05, 4.69) is 138 Å². The normalized spacial score (nSPS) is 12.5. The van der Waals surface area contributed by atoms with E-state index in [4.69, 9.17) is 0 Å². The van der Waals surface area contributed by atoms with Crippen molar-refractivity contribution < 1.29 is 174 Å². The SMILES string of the molecule is CC(C)(C)c1ccc([O-])c2[nH+]cccc12.CC(C)(C)c1ccc2ccc[nH+]c2c1[O-].[Li+].[Li+].[Li+].[Li+].[Li+].[Li+].[O-]c1c(C2CCCCC2)ccc2ccc[nH+]c12.[O-]c1ccc(-c2cccc3ccccc23)c2ccc[nH+]c12.[O-]c1ccc(-c2ccccc2-c2ccccc2)c2ccc[nH+]c12.[O-]c1ccc(C2CCCCC2)c2ccc[nH+]c12. The Morgan fingerprint density at radius 1 is 0.246 bits per heavy atom. The van der Waals surface area contributed by atoms with Gasteiger partial charge in [-0.25, -0.2) is 29.9 Å². The topological polar surface area (TPSA) is 223 Å². The molecule has 18 heteroatoms. The van der Waals surface area contributed by atoms with E-state index < -0.39 is 0 Å². The van der Waals surface area contributed by atoms with Crippen LogP contribution in [0.3, 0.4) is 0 Å². The van der Waals surface area contributed by atoms with Gasteiger partial charge in [0.15, 0.2) is 37.2 Å². The monoisotopic (exact) mass is 1470 g/mol. The fourth-order valence-electron chi connectivity index (χ4n) is 15.4. The number of aromatic amines is 6. The molecule has 6 N–H and O–H groups in total. The van der Waals surface area contributed by atoms with Crippen molar-refractivity contribution in [1.29, 1.82) is 0 Å². The molecule has 16 aromatic rings. The van der Waals surface area contributed by atoms with Gasteiger partial charge in [0.25, 0.3) is 0 Å². The number of H-pyrrole nitrogens is 6. The standard InChI is InChI=1S/C21H15NO.C19H13NO.2C15H17NO.2C13H15NO.6Li/c23-20-13-12-18(19-11-6-14-22-21(19)20)17-10-5-4-9-16(17)15-7-2-1-3-8-15;21-18-11-10-16(17-9-4-12-20-19(17)18)15-8-3-6-13-5-1-2-7-14(13)15;17-14-9-8-12(11-5-2-1-3-6-11)13-7-4-10-16-15(13)14;17-15-13(11-5-2-1-3-6-11)9-8-12-7-4-10-16-14(12)15;1-13(2,3)10-6-7-11(15)12-9(10)5-4-8-14-12;1-13(2,3)10-7-6-9-5-4-8-14-11(9)12(10)15;;;;;;/h1-14,23H;1-12,21H;2*4,7-11,17H,1-3,5-6H2;2*4-8,15H,1-3H3;;;;;;/q;;;;;;6*+1. The molecule has 2 aliphatic carbocycles. The number of fused-ring (bicyclic) bond motifs is 7. The second kappa shape index (κ2) is 42.8. The van der Waals surface area contributed by atoms with Gasteiger partial charge in [-0.2, -0.15) is 0 Å². The van der Waals surface area contributed by atoms with E-state index >= 15 is 0 Å². The van der Waals surface area contributed by atoms with Gasteiger partial charge < -0.3 is 30.6 Å². The number of rotatable bonds is 5. The largest absolute Gasteiger partial charge is 1.00 e. The average Bonchev–Trinajstić information content (AvgIpc) is 0.789. The van der Waals surface area contributed by atoms with Gasteiger partial charge in [0, 0.05) is 57.9 Å². The Morgan fingerprint density at radius 3 is 1.12 bits per heavy atom. The molecule has 0 saturated heterocycles. The second-order valence-electron chi connectivity index (χ2n) is 30.1. The van der Waals surface area contributed by atoms with E-state index in [0.29, 0.717) is 33.9 Å². The van der Waals surface area contributed by atoms with Crippen molar-refractivity contribution in [2.45, 2.75) is 128 Å². The molecule has 2 saturated carbocycles. The van der Waals surface area contributed by atoms with Gasteiger partial charge in [-0.3, -0.25) is 0 Å². The number of pyridine rings is 6. The van der Waals surface area contributed by atoms with Crippen LogP contribution >= 0.6 is 0 Å². The van der Waals surface area contributed by atoms with Gasteiger partial charge in [-0.05, 0) is 198 Å². The maximum atomic E-state index is 12.4. The minimum Gasteiger partial charge on any atom is -0.868 e. The van der Waals surface area contributed by atoms with Crippen LogP contribution in [0.1, 0.15) is 140 Å². The van der Waals surface area contributed by atoms with Crippen LogP contribution in [0.15, 0.2) is 280 Å². The summed E-state index contributed by atoms with van der Waals surface area (Å²) in [6.45, 7) is 12.6. The predicted octanol–water partition coefficient (Wildman–Crippen LogP) is -0.766. The van der Waals surface area contributed by atoms with E-state index in [1.807, 2.05) is 164 Å². The zero-order valence-electron chi connectivity index (χ0n) is 68.2. The maximum Gasteiger partial charge on any atom is 1.00 e. The molecule has 12 nitrogen and oxygen atoms in total. The molecule has 2 aliphatic rings. The first kappa shape index (κ1) is 92.5. The quantitative estimate of drug-likeness (QED) is 0.201. The molecule has 6 aromatic heterocycles.